The molecule has 0 spiro atoms. The second-order valence-corrected chi connectivity index (χ2v) is 5.47. The third-order valence-electron chi connectivity index (χ3n) is 3.40. The van der Waals surface area contributed by atoms with E-state index in [0.717, 1.165) is 16.9 Å². The van der Waals surface area contributed by atoms with Crippen molar-refractivity contribution < 1.29 is 9.90 Å². The van der Waals surface area contributed by atoms with Crippen molar-refractivity contribution in [2.75, 3.05) is 11.4 Å². The van der Waals surface area contributed by atoms with Gasteiger partial charge in [0, 0.05) is 17.6 Å². The van der Waals surface area contributed by atoms with Gasteiger partial charge in [0.1, 0.15) is 6.07 Å². The number of hydrogen-bond donors (Lipinski definition) is 1. The minimum absolute atomic E-state index is 0.262. The number of rotatable bonds is 2. The first-order valence-corrected chi connectivity index (χ1v) is 7.01. The lowest BCUT2D eigenvalue weighted by molar-refractivity contribution is -0.138. The number of anilines is 1. The molecule has 3 heterocycles. The zero-order chi connectivity index (χ0) is 14.1. The second kappa shape index (κ2) is 4.94. The van der Waals surface area contributed by atoms with Gasteiger partial charge in [-0.15, -0.1) is 11.3 Å². The summed E-state index contributed by atoms with van der Waals surface area (Å²) in [6.45, 7) is 0.574. The summed E-state index contributed by atoms with van der Waals surface area (Å²) in [5.74, 6) is -0.905. The smallest absolute Gasteiger partial charge is 0.331 e. The van der Waals surface area contributed by atoms with E-state index in [-0.39, 0.29) is 5.69 Å². The summed E-state index contributed by atoms with van der Waals surface area (Å²) < 4.78 is 0. The van der Waals surface area contributed by atoms with Gasteiger partial charge in [-0.05, 0) is 35.6 Å². The van der Waals surface area contributed by atoms with Gasteiger partial charge >= 0.3 is 5.97 Å². The molecule has 1 aliphatic rings. The predicted molar refractivity (Wildman–Crippen MR) is 74.7 cm³/mol. The molecule has 0 saturated heterocycles. The lowest BCUT2D eigenvalue weighted by atomic mass is 9.99. The van der Waals surface area contributed by atoms with Gasteiger partial charge in [-0.1, -0.05) is 0 Å². The standard InChI is InChI=1S/C14H11N3O2S/c15-8-10-11(2-1-5-16-10)17-6-3-12-9(4-7-20-12)13(17)14(18)19/h1-2,4-5,7,13H,3,6H2,(H,18,19). The summed E-state index contributed by atoms with van der Waals surface area (Å²) in [4.78, 5) is 18.5. The Hall–Kier alpha value is -2.39. The Morgan fingerprint density at radius 3 is 3.15 bits per heavy atom. The molecule has 2 aromatic rings. The molecule has 0 aliphatic carbocycles. The van der Waals surface area contributed by atoms with E-state index >= 15 is 0 Å². The van der Waals surface area contributed by atoms with Crippen molar-refractivity contribution in [1.82, 2.24) is 4.98 Å². The predicted octanol–water partition coefficient (Wildman–Crippen LogP) is 2.20. The number of carbonyl (C=O) groups is 1. The average Bonchev–Trinajstić information content (AvgIpc) is 2.94. The second-order valence-electron chi connectivity index (χ2n) is 4.47. The van der Waals surface area contributed by atoms with Gasteiger partial charge in [0.2, 0.25) is 0 Å². The summed E-state index contributed by atoms with van der Waals surface area (Å²) in [5.41, 5.74) is 1.66. The zero-order valence-electron chi connectivity index (χ0n) is 10.5. The molecular formula is C14H11N3O2S. The van der Waals surface area contributed by atoms with Gasteiger partial charge in [0.15, 0.2) is 11.7 Å². The van der Waals surface area contributed by atoms with Crippen LogP contribution in [0.3, 0.4) is 0 Å². The molecule has 0 bridgehead atoms. The zero-order valence-corrected chi connectivity index (χ0v) is 11.3. The van der Waals surface area contributed by atoms with Crippen LogP contribution in [0.5, 0.6) is 0 Å². The van der Waals surface area contributed by atoms with E-state index in [1.54, 1.807) is 28.4 Å². The molecule has 0 aromatic carbocycles. The van der Waals surface area contributed by atoms with Gasteiger partial charge in [-0.25, -0.2) is 9.78 Å². The van der Waals surface area contributed by atoms with Gasteiger partial charge in [-0.3, -0.25) is 0 Å². The van der Waals surface area contributed by atoms with Crippen LogP contribution in [-0.2, 0) is 11.2 Å². The Balaban J connectivity index is 2.10. The topological polar surface area (TPSA) is 77.2 Å². The molecular weight excluding hydrogens is 274 g/mol. The number of fused-ring (bicyclic) bond motifs is 1. The summed E-state index contributed by atoms with van der Waals surface area (Å²) in [7, 11) is 0. The van der Waals surface area contributed by atoms with Gasteiger partial charge in [0.05, 0.1) is 5.69 Å². The van der Waals surface area contributed by atoms with Gasteiger partial charge in [0.25, 0.3) is 0 Å². The number of aliphatic carboxylic acids is 1. The van der Waals surface area contributed by atoms with Crippen LogP contribution in [0.25, 0.3) is 0 Å². The van der Waals surface area contributed by atoms with Crippen LogP contribution in [0.4, 0.5) is 5.69 Å². The third kappa shape index (κ3) is 1.92. The van der Waals surface area contributed by atoms with E-state index in [1.807, 2.05) is 17.5 Å². The maximum Gasteiger partial charge on any atom is 0.331 e. The maximum atomic E-state index is 11.7. The fraction of sp³-hybridized carbons (Fsp3) is 0.214. The Bertz CT molecular complexity index is 704. The van der Waals surface area contributed by atoms with Crippen molar-refractivity contribution >= 4 is 23.0 Å². The molecule has 1 atom stereocenters. The quantitative estimate of drug-likeness (QED) is 0.915. The first-order valence-electron chi connectivity index (χ1n) is 6.13. The average molecular weight is 285 g/mol. The number of carboxylic acid groups (broad SMARTS) is 1. The number of carboxylic acids is 1. The van der Waals surface area contributed by atoms with E-state index in [4.69, 9.17) is 5.26 Å². The number of hydrogen-bond acceptors (Lipinski definition) is 5. The summed E-state index contributed by atoms with van der Waals surface area (Å²) in [6.07, 6.45) is 2.33. The number of nitrogens with zero attached hydrogens (tertiary/aromatic N) is 3. The normalized spacial score (nSPS) is 17.4. The number of nitriles is 1. The maximum absolute atomic E-state index is 11.7. The monoisotopic (exact) mass is 285 g/mol. The Morgan fingerprint density at radius 1 is 1.55 bits per heavy atom. The molecule has 2 aromatic heterocycles. The Kier molecular flexibility index (Phi) is 3.12. The van der Waals surface area contributed by atoms with Crippen molar-refractivity contribution in [3.63, 3.8) is 0 Å². The number of thiophene rings is 1. The molecule has 3 rings (SSSR count). The highest BCUT2D eigenvalue weighted by molar-refractivity contribution is 7.10. The van der Waals surface area contributed by atoms with Crippen LogP contribution in [0, 0.1) is 11.3 Å². The van der Waals surface area contributed by atoms with E-state index in [9.17, 15) is 9.90 Å². The lowest BCUT2D eigenvalue weighted by Gasteiger charge is -2.35. The third-order valence-corrected chi connectivity index (χ3v) is 4.40. The number of aromatic nitrogens is 1. The van der Waals surface area contributed by atoms with Crippen LogP contribution >= 0.6 is 11.3 Å². The van der Waals surface area contributed by atoms with Crippen molar-refractivity contribution in [1.29, 1.82) is 5.26 Å². The highest BCUT2D eigenvalue weighted by Crippen LogP contribution is 2.37. The highest BCUT2D eigenvalue weighted by atomic mass is 32.1. The molecule has 20 heavy (non-hydrogen) atoms. The number of pyridine rings is 1. The van der Waals surface area contributed by atoms with E-state index < -0.39 is 12.0 Å². The van der Waals surface area contributed by atoms with Gasteiger partial charge < -0.3 is 10.0 Å². The molecule has 0 fully saturated rings. The lowest BCUT2D eigenvalue weighted by Crippen LogP contribution is -2.39. The van der Waals surface area contributed by atoms with Crippen molar-refractivity contribution in [3.05, 3.63) is 45.9 Å². The molecule has 100 valence electrons. The van der Waals surface area contributed by atoms with Gasteiger partial charge in [-0.2, -0.15) is 5.26 Å². The Labute approximate surface area is 119 Å². The van der Waals surface area contributed by atoms with Crippen molar-refractivity contribution in [2.24, 2.45) is 0 Å². The molecule has 1 unspecified atom stereocenters. The highest BCUT2D eigenvalue weighted by Gasteiger charge is 2.35. The first kappa shape index (κ1) is 12.6. The molecule has 0 radical (unpaired) electrons. The fourth-order valence-corrected chi connectivity index (χ4v) is 3.46. The molecule has 0 amide bonds. The Morgan fingerprint density at radius 2 is 2.40 bits per heavy atom. The van der Waals surface area contributed by atoms with Crippen LogP contribution in [0.2, 0.25) is 0 Å². The largest absolute Gasteiger partial charge is 0.479 e. The van der Waals surface area contributed by atoms with Crippen LogP contribution in [-0.4, -0.2) is 22.6 Å². The SMILES string of the molecule is N#Cc1ncccc1N1CCc2sccc2C1C(=O)O. The minimum atomic E-state index is -0.905. The molecule has 5 nitrogen and oxygen atoms in total. The first-order chi connectivity index (χ1) is 9.72. The summed E-state index contributed by atoms with van der Waals surface area (Å²) in [6, 6.07) is 6.60. The van der Waals surface area contributed by atoms with E-state index in [2.05, 4.69) is 4.98 Å². The van der Waals surface area contributed by atoms with Crippen LogP contribution < -0.4 is 4.90 Å². The van der Waals surface area contributed by atoms with Crippen molar-refractivity contribution in [2.45, 2.75) is 12.5 Å². The van der Waals surface area contributed by atoms with Crippen LogP contribution in [0.1, 0.15) is 22.2 Å². The summed E-state index contributed by atoms with van der Waals surface area (Å²) in [5, 5.41) is 20.6. The summed E-state index contributed by atoms with van der Waals surface area (Å²) >= 11 is 1.58. The molecule has 0 saturated carbocycles. The van der Waals surface area contributed by atoms with Crippen LogP contribution in [0.15, 0.2) is 29.8 Å². The van der Waals surface area contributed by atoms with E-state index in [0.29, 0.717) is 12.2 Å². The van der Waals surface area contributed by atoms with Crippen molar-refractivity contribution in [3.8, 4) is 6.07 Å². The minimum Gasteiger partial charge on any atom is -0.479 e. The van der Waals surface area contributed by atoms with E-state index in [1.165, 1.54) is 6.20 Å². The fourth-order valence-electron chi connectivity index (χ4n) is 2.56. The molecule has 1 aliphatic heterocycles. The molecule has 6 heteroatoms. The molecule has 1 N–H and O–H groups in total.